The van der Waals surface area contributed by atoms with E-state index >= 15 is 0 Å². The van der Waals surface area contributed by atoms with E-state index in [4.69, 9.17) is 0 Å². The SMILES string of the molecule is C=C[Si](C)(N(CC(C)C)CC(C)C)N(CC(C)C)CC(C)C. The molecule has 0 aliphatic rings. The maximum atomic E-state index is 4.28. The summed E-state index contributed by atoms with van der Waals surface area (Å²) in [7, 11) is -1.80. The number of hydrogen-bond donors (Lipinski definition) is 0. The zero-order valence-corrected chi connectivity index (χ0v) is 17.8. The van der Waals surface area contributed by atoms with Gasteiger partial charge in [0.05, 0.1) is 0 Å². The van der Waals surface area contributed by atoms with Crippen LogP contribution in [-0.2, 0) is 0 Å². The molecule has 0 bridgehead atoms. The van der Waals surface area contributed by atoms with Crippen molar-refractivity contribution in [3.8, 4) is 0 Å². The predicted molar refractivity (Wildman–Crippen MR) is 104 cm³/mol. The summed E-state index contributed by atoms with van der Waals surface area (Å²) in [6.07, 6.45) is 0. The van der Waals surface area contributed by atoms with E-state index in [0.717, 1.165) is 0 Å². The third-order valence-electron chi connectivity index (χ3n) is 4.01. The molecule has 0 aromatic carbocycles. The lowest BCUT2D eigenvalue weighted by molar-refractivity contribution is 0.257. The molecule has 0 aliphatic carbocycles. The summed E-state index contributed by atoms with van der Waals surface area (Å²) >= 11 is 0. The molecule has 0 unspecified atom stereocenters. The van der Waals surface area contributed by atoms with Crippen LogP contribution in [0.3, 0.4) is 0 Å². The van der Waals surface area contributed by atoms with Gasteiger partial charge in [0.25, 0.3) is 0 Å². The van der Waals surface area contributed by atoms with Crippen molar-refractivity contribution in [3.05, 3.63) is 12.3 Å². The molecule has 0 radical (unpaired) electrons. The van der Waals surface area contributed by atoms with E-state index in [1.807, 2.05) is 0 Å². The molecule has 2 nitrogen and oxygen atoms in total. The van der Waals surface area contributed by atoms with Crippen molar-refractivity contribution in [1.29, 1.82) is 0 Å². The van der Waals surface area contributed by atoms with Gasteiger partial charge in [0.2, 0.25) is 8.40 Å². The van der Waals surface area contributed by atoms with Crippen LogP contribution in [-0.4, -0.2) is 43.7 Å². The van der Waals surface area contributed by atoms with Crippen molar-refractivity contribution in [1.82, 2.24) is 9.13 Å². The lowest BCUT2D eigenvalue weighted by Crippen LogP contribution is -2.65. The molecule has 0 atom stereocenters. The van der Waals surface area contributed by atoms with Crippen LogP contribution in [0.15, 0.2) is 12.3 Å². The molecule has 0 N–H and O–H groups in total. The van der Waals surface area contributed by atoms with Gasteiger partial charge in [-0.1, -0.05) is 61.1 Å². The highest BCUT2D eigenvalue weighted by Crippen LogP contribution is 2.23. The van der Waals surface area contributed by atoms with Gasteiger partial charge in [-0.2, -0.15) is 0 Å². The molecule has 0 aliphatic heterocycles. The van der Waals surface area contributed by atoms with E-state index in [1.165, 1.54) is 26.2 Å². The van der Waals surface area contributed by atoms with Crippen molar-refractivity contribution in [2.24, 2.45) is 23.7 Å². The van der Waals surface area contributed by atoms with Gasteiger partial charge in [-0.25, -0.2) is 0 Å². The van der Waals surface area contributed by atoms with E-state index < -0.39 is 8.40 Å². The minimum Gasteiger partial charge on any atom is -0.308 e. The Bertz CT molecular complexity index is 267. The summed E-state index contributed by atoms with van der Waals surface area (Å²) < 4.78 is 5.56. The average Bonchev–Trinajstić information content (AvgIpc) is 2.33. The Kier molecular flexibility index (Phi) is 9.84. The monoisotopic (exact) mass is 326 g/mol. The first-order chi connectivity index (χ1) is 10.0. The van der Waals surface area contributed by atoms with Crippen molar-refractivity contribution >= 4 is 8.40 Å². The van der Waals surface area contributed by atoms with Crippen LogP contribution < -0.4 is 0 Å². The van der Waals surface area contributed by atoms with Crippen LogP contribution in [0, 0.1) is 23.7 Å². The van der Waals surface area contributed by atoms with Gasteiger partial charge in [0.15, 0.2) is 0 Å². The van der Waals surface area contributed by atoms with Crippen LogP contribution >= 0.6 is 0 Å². The Morgan fingerprint density at radius 3 is 1.05 bits per heavy atom. The van der Waals surface area contributed by atoms with Crippen molar-refractivity contribution in [2.45, 2.75) is 61.9 Å². The average molecular weight is 327 g/mol. The quantitative estimate of drug-likeness (QED) is 0.492. The first kappa shape index (κ1) is 21.9. The molecule has 0 rings (SSSR count). The highest BCUT2D eigenvalue weighted by molar-refractivity contribution is 6.78. The second-order valence-corrected chi connectivity index (χ2v) is 12.5. The molecule has 0 spiro atoms. The fourth-order valence-corrected chi connectivity index (χ4v) is 6.97. The molecule has 0 heterocycles. The largest absolute Gasteiger partial charge is 0.308 e. The summed E-state index contributed by atoms with van der Waals surface area (Å²) in [4.78, 5) is 0. The smallest absolute Gasteiger partial charge is 0.228 e. The standard InChI is InChI=1S/C19H42N2Si/c1-11-22(10,20(12-16(2)3)13-17(4)5)21(14-18(6)7)15-19(8)9/h11,16-19H,1,12-15H2,2-10H3. The third-order valence-corrected chi connectivity index (χ3v) is 8.07. The van der Waals surface area contributed by atoms with E-state index in [1.54, 1.807) is 0 Å². The van der Waals surface area contributed by atoms with Crippen molar-refractivity contribution < 1.29 is 0 Å². The second-order valence-electron chi connectivity index (χ2n) is 8.68. The first-order valence-electron chi connectivity index (χ1n) is 9.16. The summed E-state index contributed by atoms with van der Waals surface area (Å²) in [5, 5.41) is 0. The zero-order chi connectivity index (χ0) is 17.5. The molecule has 132 valence electrons. The highest BCUT2D eigenvalue weighted by Gasteiger charge is 2.39. The first-order valence-corrected chi connectivity index (χ1v) is 11.6. The molecule has 0 fully saturated rings. The minimum atomic E-state index is -1.80. The highest BCUT2D eigenvalue weighted by atomic mass is 28.3. The van der Waals surface area contributed by atoms with Crippen LogP contribution in [0.2, 0.25) is 6.55 Å². The van der Waals surface area contributed by atoms with Crippen LogP contribution in [0.4, 0.5) is 0 Å². The van der Waals surface area contributed by atoms with Crippen molar-refractivity contribution in [2.75, 3.05) is 26.2 Å². The second kappa shape index (κ2) is 9.89. The van der Waals surface area contributed by atoms with Gasteiger partial charge in [-0.3, -0.25) is 0 Å². The Labute approximate surface area is 142 Å². The molecular formula is C19H42N2Si. The van der Waals surface area contributed by atoms with Gasteiger partial charge >= 0.3 is 0 Å². The Balaban J connectivity index is 5.51. The van der Waals surface area contributed by atoms with Gasteiger partial charge in [0.1, 0.15) is 0 Å². The van der Waals surface area contributed by atoms with Gasteiger partial charge in [-0.05, 0) is 56.4 Å². The van der Waals surface area contributed by atoms with Gasteiger partial charge in [0, 0.05) is 0 Å². The van der Waals surface area contributed by atoms with Crippen molar-refractivity contribution in [3.63, 3.8) is 0 Å². The summed E-state index contributed by atoms with van der Waals surface area (Å²) in [6.45, 7) is 30.2. The van der Waals surface area contributed by atoms with Crippen LogP contribution in [0.1, 0.15) is 55.4 Å². The molecule has 0 aromatic rings. The summed E-state index contributed by atoms with van der Waals surface area (Å²) in [6, 6.07) is 0. The molecule has 0 aromatic heterocycles. The van der Waals surface area contributed by atoms with E-state index in [2.05, 4.69) is 83.3 Å². The van der Waals surface area contributed by atoms with Crippen LogP contribution in [0.5, 0.6) is 0 Å². The van der Waals surface area contributed by atoms with Gasteiger partial charge in [-0.15, -0.1) is 6.58 Å². The lowest BCUT2D eigenvalue weighted by atomic mass is 10.2. The Morgan fingerprint density at radius 1 is 0.682 bits per heavy atom. The predicted octanol–water partition coefficient (Wildman–Crippen LogP) is 5.01. The van der Waals surface area contributed by atoms with Gasteiger partial charge < -0.3 is 9.13 Å². The molecule has 22 heavy (non-hydrogen) atoms. The molecular weight excluding hydrogens is 284 g/mol. The number of hydrogen-bond acceptors (Lipinski definition) is 2. The fourth-order valence-electron chi connectivity index (χ4n) is 3.11. The topological polar surface area (TPSA) is 6.48 Å². The fraction of sp³-hybridized carbons (Fsp3) is 0.895. The normalized spacial score (nSPS) is 13.4. The molecule has 0 amide bonds. The van der Waals surface area contributed by atoms with E-state index in [9.17, 15) is 0 Å². The number of rotatable bonds is 11. The molecule has 3 heteroatoms. The summed E-state index contributed by atoms with van der Waals surface area (Å²) in [5.41, 5.74) is 2.31. The number of nitrogens with zero attached hydrogens (tertiary/aromatic N) is 2. The molecule has 0 saturated carbocycles. The van der Waals surface area contributed by atoms with Crippen LogP contribution in [0.25, 0.3) is 0 Å². The Hall–Kier alpha value is -0.123. The zero-order valence-electron chi connectivity index (χ0n) is 16.8. The van der Waals surface area contributed by atoms with E-state index in [-0.39, 0.29) is 0 Å². The minimum absolute atomic E-state index is 0.700. The van der Waals surface area contributed by atoms with E-state index in [0.29, 0.717) is 23.7 Å². The maximum absolute atomic E-state index is 4.28. The summed E-state index contributed by atoms with van der Waals surface area (Å²) in [5.74, 6) is 2.80. The third kappa shape index (κ3) is 7.43. The Morgan fingerprint density at radius 2 is 0.909 bits per heavy atom. The maximum Gasteiger partial charge on any atom is 0.228 e. The molecule has 0 saturated heterocycles. The lowest BCUT2D eigenvalue weighted by Gasteiger charge is -2.47.